The van der Waals surface area contributed by atoms with Crippen molar-refractivity contribution in [2.24, 2.45) is 0 Å². The van der Waals surface area contributed by atoms with E-state index in [1.54, 1.807) is 11.3 Å². The highest BCUT2D eigenvalue weighted by molar-refractivity contribution is 9.11. The first-order valence-electron chi connectivity index (χ1n) is 5.60. The lowest BCUT2D eigenvalue weighted by Gasteiger charge is -2.02. The van der Waals surface area contributed by atoms with Crippen molar-refractivity contribution in [3.63, 3.8) is 0 Å². The van der Waals surface area contributed by atoms with Crippen LogP contribution in [-0.2, 0) is 0 Å². The standard InChI is InChI=1S/C15H10BrNS/c16-15-17-14(10-18-15)13-8-6-12(7-9-13)11-4-2-1-3-5-11/h1-10H. The number of hydrogen-bond acceptors (Lipinski definition) is 2. The first-order valence-corrected chi connectivity index (χ1v) is 7.27. The van der Waals surface area contributed by atoms with Crippen molar-refractivity contribution in [2.45, 2.75) is 0 Å². The molecule has 0 saturated heterocycles. The number of nitrogens with zero attached hydrogens (tertiary/aromatic N) is 1. The molecular weight excluding hydrogens is 306 g/mol. The zero-order chi connectivity index (χ0) is 12.4. The molecule has 1 heterocycles. The molecule has 0 atom stereocenters. The molecule has 0 radical (unpaired) electrons. The van der Waals surface area contributed by atoms with Gasteiger partial charge in [0.25, 0.3) is 0 Å². The number of hydrogen-bond donors (Lipinski definition) is 0. The van der Waals surface area contributed by atoms with Crippen LogP contribution in [0.3, 0.4) is 0 Å². The molecule has 0 unspecified atom stereocenters. The molecule has 2 aromatic carbocycles. The number of aromatic nitrogens is 1. The van der Waals surface area contributed by atoms with Gasteiger partial charge >= 0.3 is 0 Å². The van der Waals surface area contributed by atoms with Gasteiger partial charge in [0.05, 0.1) is 5.69 Å². The van der Waals surface area contributed by atoms with Crippen LogP contribution in [-0.4, -0.2) is 4.98 Å². The molecular formula is C15H10BrNS. The van der Waals surface area contributed by atoms with E-state index in [4.69, 9.17) is 0 Å². The fraction of sp³-hybridized carbons (Fsp3) is 0. The van der Waals surface area contributed by atoms with Crippen LogP contribution in [0, 0.1) is 0 Å². The Morgan fingerprint density at radius 1 is 0.778 bits per heavy atom. The van der Waals surface area contributed by atoms with Gasteiger partial charge in [0.1, 0.15) is 0 Å². The number of benzene rings is 2. The lowest BCUT2D eigenvalue weighted by molar-refractivity contribution is 1.37. The average Bonchev–Trinajstić information content (AvgIpc) is 2.87. The second-order valence-electron chi connectivity index (χ2n) is 3.93. The van der Waals surface area contributed by atoms with Crippen molar-refractivity contribution in [1.29, 1.82) is 0 Å². The fourth-order valence-corrected chi connectivity index (χ4v) is 2.87. The van der Waals surface area contributed by atoms with E-state index in [9.17, 15) is 0 Å². The summed E-state index contributed by atoms with van der Waals surface area (Å²) in [4.78, 5) is 4.42. The minimum Gasteiger partial charge on any atom is -0.229 e. The van der Waals surface area contributed by atoms with Crippen LogP contribution in [0.2, 0.25) is 0 Å². The summed E-state index contributed by atoms with van der Waals surface area (Å²) in [5, 5.41) is 2.06. The molecule has 3 rings (SSSR count). The minimum absolute atomic E-state index is 0.921. The van der Waals surface area contributed by atoms with Gasteiger partial charge in [-0.15, -0.1) is 11.3 Å². The van der Waals surface area contributed by atoms with Crippen molar-refractivity contribution in [1.82, 2.24) is 4.98 Å². The third kappa shape index (κ3) is 2.37. The predicted octanol–water partition coefficient (Wildman–Crippen LogP) is 5.24. The lowest BCUT2D eigenvalue weighted by Crippen LogP contribution is -1.80. The summed E-state index contributed by atoms with van der Waals surface area (Å²) in [7, 11) is 0. The van der Waals surface area contributed by atoms with Crippen LogP contribution in [0.1, 0.15) is 0 Å². The highest BCUT2D eigenvalue weighted by Gasteiger charge is 2.03. The molecule has 3 heteroatoms. The smallest absolute Gasteiger partial charge is 0.159 e. The van der Waals surface area contributed by atoms with Gasteiger partial charge in [-0.1, -0.05) is 54.6 Å². The Morgan fingerprint density at radius 2 is 1.39 bits per heavy atom. The molecule has 88 valence electrons. The molecule has 0 amide bonds. The van der Waals surface area contributed by atoms with E-state index in [0.717, 1.165) is 15.2 Å². The second kappa shape index (κ2) is 5.04. The van der Waals surface area contributed by atoms with Gasteiger partial charge in [0.2, 0.25) is 0 Å². The Balaban J connectivity index is 1.94. The normalized spacial score (nSPS) is 10.5. The molecule has 18 heavy (non-hydrogen) atoms. The Morgan fingerprint density at radius 3 is 2.00 bits per heavy atom. The summed E-state index contributed by atoms with van der Waals surface area (Å²) in [6, 6.07) is 18.9. The molecule has 0 fully saturated rings. The first kappa shape index (κ1) is 11.6. The third-order valence-electron chi connectivity index (χ3n) is 2.76. The summed E-state index contributed by atoms with van der Waals surface area (Å²) in [6.07, 6.45) is 0. The van der Waals surface area contributed by atoms with Gasteiger partial charge in [0, 0.05) is 10.9 Å². The van der Waals surface area contributed by atoms with Crippen molar-refractivity contribution in [2.75, 3.05) is 0 Å². The van der Waals surface area contributed by atoms with E-state index in [0.29, 0.717) is 0 Å². The third-order valence-corrected chi connectivity index (χ3v) is 4.13. The van der Waals surface area contributed by atoms with Gasteiger partial charge in [0.15, 0.2) is 3.92 Å². The van der Waals surface area contributed by atoms with Gasteiger partial charge in [-0.2, -0.15) is 0 Å². The molecule has 3 aromatic rings. The Labute approximate surface area is 118 Å². The monoisotopic (exact) mass is 315 g/mol. The van der Waals surface area contributed by atoms with Crippen LogP contribution < -0.4 is 0 Å². The second-order valence-corrected chi connectivity index (χ2v) is 6.06. The lowest BCUT2D eigenvalue weighted by atomic mass is 10.0. The molecule has 0 saturated carbocycles. The molecule has 0 aliphatic heterocycles. The van der Waals surface area contributed by atoms with Gasteiger partial charge in [-0.05, 0) is 27.1 Å². The quantitative estimate of drug-likeness (QED) is 0.630. The van der Waals surface area contributed by atoms with Gasteiger partial charge in [-0.3, -0.25) is 0 Å². The van der Waals surface area contributed by atoms with E-state index < -0.39 is 0 Å². The molecule has 1 nitrogen and oxygen atoms in total. The summed E-state index contributed by atoms with van der Waals surface area (Å²) >= 11 is 4.99. The van der Waals surface area contributed by atoms with Crippen molar-refractivity contribution < 1.29 is 0 Å². The summed E-state index contributed by atoms with van der Waals surface area (Å²) in [5.74, 6) is 0. The zero-order valence-electron chi connectivity index (χ0n) is 9.51. The van der Waals surface area contributed by atoms with E-state index in [2.05, 4.69) is 74.8 Å². The topological polar surface area (TPSA) is 12.9 Å². The summed E-state index contributed by atoms with van der Waals surface area (Å²) in [6.45, 7) is 0. The van der Waals surface area contributed by atoms with Gasteiger partial charge < -0.3 is 0 Å². The molecule has 0 bridgehead atoms. The van der Waals surface area contributed by atoms with E-state index in [-0.39, 0.29) is 0 Å². The highest BCUT2D eigenvalue weighted by Crippen LogP contribution is 2.27. The number of rotatable bonds is 2. The van der Waals surface area contributed by atoms with Crippen LogP contribution in [0.4, 0.5) is 0 Å². The predicted molar refractivity (Wildman–Crippen MR) is 80.7 cm³/mol. The zero-order valence-corrected chi connectivity index (χ0v) is 11.9. The SMILES string of the molecule is Brc1nc(-c2ccc(-c3ccccc3)cc2)cs1. The summed E-state index contributed by atoms with van der Waals surface area (Å²) in [5.41, 5.74) is 4.64. The molecule has 1 aromatic heterocycles. The number of thiazole rings is 1. The first-order chi connectivity index (χ1) is 8.83. The van der Waals surface area contributed by atoms with E-state index in [1.165, 1.54) is 11.1 Å². The van der Waals surface area contributed by atoms with Crippen LogP contribution in [0.25, 0.3) is 22.4 Å². The van der Waals surface area contributed by atoms with Crippen molar-refractivity contribution in [3.05, 3.63) is 63.9 Å². The van der Waals surface area contributed by atoms with Crippen LogP contribution in [0.15, 0.2) is 63.9 Å². The molecule has 0 N–H and O–H groups in total. The molecule has 0 aliphatic rings. The Bertz CT molecular complexity index is 644. The maximum Gasteiger partial charge on any atom is 0.159 e. The van der Waals surface area contributed by atoms with Crippen molar-refractivity contribution in [3.8, 4) is 22.4 Å². The largest absolute Gasteiger partial charge is 0.229 e. The maximum atomic E-state index is 4.42. The molecule has 0 aliphatic carbocycles. The highest BCUT2D eigenvalue weighted by atomic mass is 79.9. The minimum atomic E-state index is 0.921. The molecule has 0 spiro atoms. The fourth-order valence-electron chi connectivity index (χ4n) is 1.85. The number of halogens is 1. The van der Waals surface area contributed by atoms with Crippen LogP contribution in [0.5, 0.6) is 0 Å². The van der Waals surface area contributed by atoms with E-state index >= 15 is 0 Å². The Hall–Kier alpha value is -1.45. The summed E-state index contributed by atoms with van der Waals surface area (Å²) < 4.78 is 0.921. The Kier molecular flexibility index (Phi) is 3.26. The van der Waals surface area contributed by atoms with Gasteiger partial charge in [-0.25, -0.2) is 4.98 Å². The van der Waals surface area contributed by atoms with Crippen molar-refractivity contribution >= 4 is 27.3 Å². The van der Waals surface area contributed by atoms with Crippen LogP contribution >= 0.6 is 27.3 Å². The average molecular weight is 316 g/mol. The maximum absolute atomic E-state index is 4.42. The van der Waals surface area contributed by atoms with E-state index in [1.807, 2.05) is 6.07 Å².